The maximum Gasteiger partial charge on any atom is 0.0149 e. The topological polar surface area (TPSA) is 0 Å². The molecule has 0 nitrogen and oxygen atoms in total. The van der Waals surface area contributed by atoms with Crippen molar-refractivity contribution < 1.29 is 0 Å². The first-order valence-electron chi connectivity index (χ1n) is 9.72. The Morgan fingerprint density at radius 1 is 1.12 bits per heavy atom. The maximum absolute atomic E-state index is 3.96. The molecule has 0 spiro atoms. The molecule has 0 unspecified atom stereocenters. The Hall–Kier alpha value is -1.56. The third-order valence-electron chi connectivity index (χ3n) is 8.26. The second-order valence-electron chi connectivity index (χ2n) is 8.58. The molecule has 2 saturated carbocycles. The van der Waals surface area contributed by atoms with E-state index in [0.717, 1.165) is 24.2 Å². The molecule has 0 N–H and O–H groups in total. The van der Waals surface area contributed by atoms with Crippen molar-refractivity contribution in [3.05, 3.63) is 71.8 Å². The number of unbranched alkanes of at least 4 members (excludes halogenated alkanes) is 1. The van der Waals surface area contributed by atoms with Gasteiger partial charge in [0.05, 0.1) is 0 Å². The molecule has 24 heavy (non-hydrogen) atoms. The van der Waals surface area contributed by atoms with Crippen molar-refractivity contribution in [2.75, 3.05) is 0 Å². The molecule has 124 valence electrons. The van der Waals surface area contributed by atoms with Gasteiger partial charge in [0.2, 0.25) is 0 Å². The van der Waals surface area contributed by atoms with E-state index in [-0.39, 0.29) is 0 Å². The van der Waals surface area contributed by atoms with E-state index in [9.17, 15) is 0 Å². The van der Waals surface area contributed by atoms with E-state index in [1.807, 2.05) is 0 Å². The molecule has 6 atom stereocenters. The molecule has 0 amide bonds. The fourth-order valence-corrected chi connectivity index (χ4v) is 7.46. The molecule has 6 bridgehead atoms. The quantitative estimate of drug-likeness (QED) is 0.457. The van der Waals surface area contributed by atoms with E-state index in [2.05, 4.69) is 69.0 Å². The normalized spacial score (nSPS) is 43.9. The summed E-state index contributed by atoms with van der Waals surface area (Å²) in [6.07, 6.45) is 12.5. The van der Waals surface area contributed by atoms with E-state index in [4.69, 9.17) is 0 Å². The Morgan fingerprint density at radius 3 is 2.67 bits per heavy atom. The summed E-state index contributed by atoms with van der Waals surface area (Å²) in [7, 11) is 0. The number of allylic oxidation sites excluding steroid dienone is 5. The number of benzene rings is 1. The van der Waals surface area contributed by atoms with E-state index >= 15 is 0 Å². The minimum Gasteiger partial charge on any atom is -0.103 e. The van der Waals surface area contributed by atoms with Gasteiger partial charge in [-0.25, -0.2) is 0 Å². The van der Waals surface area contributed by atoms with Gasteiger partial charge in [0.1, 0.15) is 0 Å². The lowest BCUT2D eigenvalue weighted by Gasteiger charge is -2.43. The average molecular weight is 316 g/mol. The van der Waals surface area contributed by atoms with Gasteiger partial charge in [0.15, 0.2) is 0 Å². The van der Waals surface area contributed by atoms with Crippen LogP contribution in [0.4, 0.5) is 0 Å². The van der Waals surface area contributed by atoms with Gasteiger partial charge in [-0.15, -0.1) is 6.58 Å². The van der Waals surface area contributed by atoms with Gasteiger partial charge in [0, 0.05) is 16.7 Å². The van der Waals surface area contributed by atoms with Crippen molar-refractivity contribution in [2.24, 2.45) is 29.1 Å². The molecule has 0 heterocycles. The molecular formula is C24H28. The Bertz CT molecular complexity index is 752. The molecule has 2 fully saturated rings. The fourth-order valence-electron chi connectivity index (χ4n) is 7.46. The van der Waals surface area contributed by atoms with Gasteiger partial charge in [0.25, 0.3) is 0 Å². The second-order valence-corrected chi connectivity index (χ2v) is 8.58. The summed E-state index contributed by atoms with van der Waals surface area (Å²) in [6.45, 7) is 8.85. The van der Waals surface area contributed by atoms with Gasteiger partial charge in [-0.05, 0) is 62.8 Å². The Kier molecular flexibility index (Phi) is 2.92. The van der Waals surface area contributed by atoms with Crippen molar-refractivity contribution >= 4 is 0 Å². The second kappa shape index (κ2) is 4.75. The smallest absolute Gasteiger partial charge is 0.0149 e. The molecule has 0 aliphatic heterocycles. The van der Waals surface area contributed by atoms with Crippen LogP contribution in [-0.4, -0.2) is 0 Å². The highest BCUT2D eigenvalue weighted by Crippen LogP contribution is 2.85. The zero-order valence-electron chi connectivity index (χ0n) is 15.0. The summed E-state index contributed by atoms with van der Waals surface area (Å²) in [5, 5.41) is 0. The first kappa shape index (κ1) is 14.8. The SMILES string of the molecule is C=CCCC[C@@]12C(C)=C(C)[C@@H]3C=C[C@H]4[C@H](C[C@@H]31)[C@]42c1ccccc1. The van der Waals surface area contributed by atoms with E-state index in [0.29, 0.717) is 16.7 Å². The molecule has 1 aromatic rings. The standard InChI is InChI=1S/C24H28/c1-4-5-9-14-23-17(3)16(2)19-12-13-20-22(15-21(19)23)24(20,23)18-10-7-6-8-11-18/h4,6-8,10-13,19-22H,1,5,9,14-15H2,2-3H3/t19-,20-,21-,22-,23+,24-/m0/s1. The van der Waals surface area contributed by atoms with Crippen molar-refractivity contribution in [3.63, 3.8) is 0 Å². The maximum atomic E-state index is 3.96. The van der Waals surface area contributed by atoms with Crippen LogP contribution in [0.2, 0.25) is 0 Å². The predicted molar refractivity (Wildman–Crippen MR) is 101 cm³/mol. The minimum absolute atomic E-state index is 0.382. The summed E-state index contributed by atoms with van der Waals surface area (Å²) in [5.74, 6) is 3.18. The van der Waals surface area contributed by atoms with E-state index in [1.165, 1.54) is 19.3 Å². The molecular weight excluding hydrogens is 288 g/mol. The van der Waals surface area contributed by atoms with Crippen LogP contribution in [0, 0.1) is 29.1 Å². The van der Waals surface area contributed by atoms with Crippen molar-refractivity contribution in [3.8, 4) is 0 Å². The first-order chi connectivity index (χ1) is 11.7. The van der Waals surface area contributed by atoms with Crippen LogP contribution in [0.15, 0.2) is 66.3 Å². The van der Waals surface area contributed by atoms with Crippen LogP contribution >= 0.6 is 0 Å². The van der Waals surface area contributed by atoms with Gasteiger partial charge in [-0.3, -0.25) is 0 Å². The van der Waals surface area contributed by atoms with Gasteiger partial charge >= 0.3 is 0 Å². The molecule has 1 aromatic carbocycles. The summed E-state index contributed by atoms with van der Waals surface area (Å²) in [4.78, 5) is 0. The molecule has 0 aromatic heterocycles. The molecule has 0 radical (unpaired) electrons. The summed E-state index contributed by atoms with van der Waals surface area (Å²) in [6, 6.07) is 11.5. The fraction of sp³-hybridized carbons (Fsp3) is 0.500. The van der Waals surface area contributed by atoms with Gasteiger partial charge in [-0.1, -0.05) is 59.7 Å². The lowest BCUT2D eigenvalue weighted by molar-refractivity contribution is 0.160. The zero-order chi connectivity index (χ0) is 16.5. The highest BCUT2D eigenvalue weighted by Gasteiger charge is 2.82. The van der Waals surface area contributed by atoms with Crippen molar-refractivity contribution in [1.82, 2.24) is 0 Å². The Labute approximate surface area is 146 Å². The van der Waals surface area contributed by atoms with Crippen LogP contribution in [-0.2, 0) is 5.41 Å². The summed E-state index contributed by atoms with van der Waals surface area (Å²) >= 11 is 0. The van der Waals surface area contributed by atoms with Crippen LogP contribution in [0.1, 0.15) is 45.1 Å². The lowest BCUT2D eigenvalue weighted by atomic mass is 9.59. The van der Waals surface area contributed by atoms with Crippen molar-refractivity contribution in [1.29, 1.82) is 0 Å². The number of hydrogen-bond donors (Lipinski definition) is 0. The molecule has 0 heteroatoms. The summed E-state index contributed by atoms with van der Waals surface area (Å²) < 4.78 is 0. The largest absolute Gasteiger partial charge is 0.103 e. The highest BCUT2D eigenvalue weighted by molar-refractivity contribution is 5.56. The third-order valence-corrected chi connectivity index (χ3v) is 8.26. The Balaban J connectivity index is 1.72. The first-order valence-corrected chi connectivity index (χ1v) is 9.72. The van der Waals surface area contributed by atoms with Crippen molar-refractivity contribution in [2.45, 2.75) is 44.9 Å². The van der Waals surface area contributed by atoms with Crippen LogP contribution in [0.5, 0.6) is 0 Å². The monoisotopic (exact) mass is 316 g/mol. The number of hydrogen-bond acceptors (Lipinski definition) is 0. The Morgan fingerprint density at radius 2 is 1.92 bits per heavy atom. The number of rotatable bonds is 5. The van der Waals surface area contributed by atoms with E-state index in [1.54, 1.807) is 16.7 Å². The van der Waals surface area contributed by atoms with E-state index < -0.39 is 0 Å². The van der Waals surface area contributed by atoms with Crippen LogP contribution < -0.4 is 0 Å². The van der Waals surface area contributed by atoms with Gasteiger partial charge < -0.3 is 0 Å². The predicted octanol–water partition coefficient (Wildman–Crippen LogP) is 6.07. The third kappa shape index (κ3) is 1.39. The lowest BCUT2D eigenvalue weighted by Crippen LogP contribution is -2.39. The molecule has 5 aliphatic carbocycles. The van der Waals surface area contributed by atoms with Crippen LogP contribution in [0.3, 0.4) is 0 Å². The molecule has 0 saturated heterocycles. The average Bonchev–Trinajstić information content (AvgIpc) is 3.17. The van der Waals surface area contributed by atoms with Crippen LogP contribution in [0.25, 0.3) is 0 Å². The zero-order valence-corrected chi connectivity index (χ0v) is 15.0. The van der Waals surface area contributed by atoms with Gasteiger partial charge in [-0.2, -0.15) is 0 Å². The minimum atomic E-state index is 0.382. The molecule has 5 aliphatic rings. The summed E-state index contributed by atoms with van der Waals surface area (Å²) in [5.41, 5.74) is 5.80. The molecule has 6 rings (SSSR count). The highest BCUT2D eigenvalue weighted by atomic mass is 14.8.